The fourth-order valence-corrected chi connectivity index (χ4v) is 7.72. The highest BCUT2D eigenvalue weighted by atomic mass is 16.6. The minimum absolute atomic E-state index is 0.0685. The standard InChI is InChI=1S/C35H50N4O9.C34H49N5O9/c1-8-20-44-21-18-29(40)37-28(30(41)46-24-26-12-10-9-11-13-26)23-25-14-16-27(17-15-25)45-22-19-36-31(38-32(42)47-34(2,3)4)39-33(43)48-35(5,6)7;1-33(2,3)47-31(42)38-30(39-32(43)48-34(4,5)6)36-18-21-45-26-14-12-24(13-15-26)22-27(37-28(40)16-19-44-20-17-35)29(41)46-23-25-10-8-7-9-11-25/h9-17,28H,8,18-24H2,1-7H3,(H,37,40)(H2,36,38,39,42,43);7-15,27H,16-23,35H2,1-6H3,(H,37,40)(H2,36,38,39,42,43)/t28-;27-/m00/s1. The molecule has 0 saturated heterocycles. The zero-order valence-corrected chi connectivity index (χ0v) is 57.7. The molecule has 6 amide bonds. The lowest BCUT2D eigenvalue weighted by molar-refractivity contribution is -0.149. The van der Waals surface area contributed by atoms with Crippen LogP contribution < -0.4 is 47.1 Å². The first-order valence-corrected chi connectivity index (χ1v) is 31.6. The summed E-state index contributed by atoms with van der Waals surface area (Å²) in [5, 5.41) is 15.2. The van der Waals surface area contributed by atoms with Gasteiger partial charge in [0.2, 0.25) is 23.7 Å². The van der Waals surface area contributed by atoms with Crippen LogP contribution in [0, 0.1) is 0 Å². The Labute approximate surface area is 563 Å². The van der Waals surface area contributed by atoms with Crippen molar-refractivity contribution in [3.63, 3.8) is 0 Å². The first-order chi connectivity index (χ1) is 45.3. The number of hydrogen-bond donors (Lipinski definition) is 7. The third-order valence-corrected chi connectivity index (χ3v) is 11.7. The summed E-state index contributed by atoms with van der Waals surface area (Å²) in [7, 11) is 0. The summed E-state index contributed by atoms with van der Waals surface area (Å²) in [5.74, 6) is -1.04. The third-order valence-electron chi connectivity index (χ3n) is 11.7. The Morgan fingerprint density at radius 1 is 0.417 bits per heavy atom. The van der Waals surface area contributed by atoms with Crippen LogP contribution in [-0.2, 0) is 83.1 Å². The first kappa shape index (κ1) is 80.9. The van der Waals surface area contributed by atoms with Crippen LogP contribution >= 0.6 is 0 Å². The Morgan fingerprint density at radius 3 is 1.04 bits per heavy atom. The number of alkyl carbamates (subject to hydrolysis) is 4. The zero-order chi connectivity index (χ0) is 71.2. The van der Waals surface area contributed by atoms with Crippen molar-refractivity contribution in [2.75, 3.05) is 59.3 Å². The molecule has 2 atom stereocenters. The van der Waals surface area contributed by atoms with Crippen LogP contribution in [0.3, 0.4) is 0 Å². The number of benzene rings is 4. The molecular formula is C69H99N9O18. The maximum atomic E-state index is 13.0. The summed E-state index contributed by atoms with van der Waals surface area (Å²) < 4.78 is 54.3. The number of guanidine groups is 2. The summed E-state index contributed by atoms with van der Waals surface area (Å²) in [6.45, 7) is 24.7. The van der Waals surface area contributed by atoms with Gasteiger partial charge in [0.15, 0.2) is 0 Å². The quantitative estimate of drug-likeness (QED) is 0.00843. The molecule has 0 fully saturated rings. The molecule has 4 aromatic rings. The van der Waals surface area contributed by atoms with E-state index in [-0.39, 0.29) is 102 Å². The number of esters is 2. The topological polar surface area (TPSA) is 352 Å². The number of amides is 6. The van der Waals surface area contributed by atoms with Gasteiger partial charge in [0.25, 0.3) is 0 Å². The minimum Gasteiger partial charge on any atom is -0.492 e. The summed E-state index contributed by atoms with van der Waals surface area (Å²) in [4.78, 5) is 109. The van der Waals surface area contributed by atoms with Gasteiger partial charge in [0.1, 0.15) is 72.4 Å². The smallest absolute Gasteiger partial charge is 0.414 e. The molecule has 0 heterocycles. The van der Waals surface area contributed by atoms with Crippen molar-refractivity contribution in [1.82, 2.24) is 31.9 Å². The van der Waals surface area contributed by atoms with Gasteiger partial charge < -0.3 is 63.7 Å². The van der Waals surface area contributed by atoms with Gasteiger partial charge in [-0.3, -0.25) is 30.9 Å². The van der Waals surface area contributed by atoms with Crippen molar-refractivity contribution in [1.29, 1.82) is 0 Å². The van der Waals surface area contributed by atoms with Crippen molar-refractivity contribution >= 4 is 60.0 Å². The van der Waals surface area contributed by atoms with Crippen LogP contribution in [0.2, 0.25) is 0 Å². The Balaban J connectivity index is 0.000000500. The Morgan fingerprint density at radius 2 is 0.740 bits per heavy atom. The van der Waals surface area contributed by atoms with E-state index in [2.05, 4.69) is 41.9 Å². The Kier molecular flexibility index (Phi) is 35.5. The van der Waals surface area contributed by atoms with Gasteiger partial charge in [-0.15, -0.1) is 0 Å². The molecular weight excluding hydrogens is 1240 g/mol. The summed E-state index contributed by atoms with van der Waals surface area (Å²) in [5.41, 5.74) is 5.57. The molecule has 0 aliphatic carbocycles. The van der Waals surface area contributed by atoms with E-state index in [4.69, 9.17) is 53.1 Å². The summed E-state index contributed by atoms with van der Waals surface area (Å²) >= 11 is 0. The lowest BCUT2D eigenvalue weighted by Gasteiger charge is -2.22. The van der Waals surface area contributed by atoms with Crippen LogP contribution in [0.1, 0.15) is 132 Å². The molecule has 0 radical (unpaired) electrons. The van der Waals surface area contributed by atoms with Gasteiger partial charge in [0.05, 0.1) is 32.9 Å². The molecule has 8 N–H and O–H groups in total. The molecule has 0 unspecified atom stereocenters. The lowest BCUT2D eigenvalue weighted by Crippen LogP contribution is -2.47. The second-order valence-electron chi connectivity index (χ2n) is 25.3. The average molecular weight is 1340 g/mol. The molecule has 27 nitrogen and oxygen atoms in total. The van der Waals surface area contributed by atoms with E-state index in [0.29, 0.717) is 31.3 Å². The maximum absolute atomic E-state index is 13.0. The summed E-state index contributed by atoms with van der Waals surface area (Å²) in [6.07, 6.45) is -1.76. The van der Waals surface area contributed by atoms with Crippen LogP contribution in [0.15, 0.2) is 119 Å². The van der Waals surface area contributed by atoms with Crippen LogP contribution in [-0.4, -0.2) is 154 Å². The van der Waals surface area contributed by atoms with E-state index < -0.39 is 70.8 Å². The number of nitrogens with zero attached hydrogens (tertiary/aromatic N) is 2. The van der Waals surface area contributed by atoms with Crippen molar-refractivity contribution in [3.8, 4) is 11.5 Å². The monoisotopic (exact) mass is 1340 g/mol. The molecule has 0 aromatic heterocycles. The molecule has 0 saturated carbocycles. The molecule has 0 spiro atoms. The second kappa shape index (κ2) is 42.2. The van der Waals surface area contributed by atoms with E-state index in [9.17, 15) is 38.4 Å². The maximum Gasteiger partial charge on any atom is 0.414 e. The highest BCUT2D eigenvalue weighted by molar-refractivity contribution is 6.02. The molecule has 4 rings (SSSR count). The number of carbonyl (C=O) groups excluding carboxylic acids is 8. The van der Waals surface area contributed by atoms with Gasteiger partial charge in [-0.1, -0.05) is 91.9 Å². The third kappa shape index (κ3) is 39.4. The van der Waals surface area contributed by atoms with Crippen molar-refractivity contribution in [2.24, 2.45) is 15.7 Å². The van der Waals surface area contributed by atoms with Crippen LogP contribution in [0.5, 0.6) is 11.5 Å². The predicted molar refractivity (Wildman–Crippen MR) is 360 cm³/mol. The normalized spacial score (nSPS) is 11.8. The number of ether oxygens (including phenoxy) is 10. The molecule has 96 heavy (non-hydrogen) atoms. The fourth-order valence-electron chi connectivity index (χ4n) is 7.72. The van der Waals surface area contributed by atoms with E-state index in [1.54, 1.807) is 132 Å². The zero-order valence-electron chi connectivity index (χ0n) is 57.7. The van der Waals surface area contributed by atoms with Crippen LogP contribution in [0.4, 0.5) is 19.2 Å². The van der Waals surface area contributed by atoms with Crippen molar-refractivity contribution in [3.05, 3.63) is 131 Å². The van der Waals surface area contributed by atoms with Crippen molar-refractivity contribution < 1.29 is 85.7 Å². The average Bonchev–Trinajstić information content (AvgIpc) is 1.20. The number of hydrogen-bond acceptors (Lipinski definition) is 21. The number of nitrogens with one attached hydrogen (secondary N) is 6. The van der Waals surface area contributed by atoms with Crippen molar-refractivity contribution in [2.45, 2.75) is 170 Å². The van der Waals surface area contributed by atoms with Gasteiger partial charge in [-0.2, -0.15) is 0 Å². The lowest BCUT2D eigenvalue weighted by atomic mass is 10.1. The second-order valence-corrected chi connectivity index (χ2v) is 25.3. The van der Waals surface area contributed by atoms with Gasteiger partial charge in [0, 0.05) is 38.8 Å². The van der Waals surface area contributed by atoms with E-state index in [1.165, 1.54) is 0 Å². The Hall–Kier alpha value is -9.34. The minimum atomic E-state index is -0.926. The highest BCUT2D eigenvalue weighted by Crippen LogP contribution is 2.18. The molecule has 0 aliphatic rings. The predicted octanol–water partition coefficient (Wildman–Crippen LogP) is 8.67. The van der Waals surface area contributed by atoms with Crippen LogP contribution in [0.25, 0.3) is 0 Å². The molecule has 27 heteroatoms. The van der Waals surface area contributed by atoms with Gasteiger partial charge in [-0.25, -0.2) is 38.8 Å². The van der Waals surface area contributed by atoms with E-state index in [1.807, 2.05) is 67.6 Å². The SMILES string of the molecule is CC(C)(C)OC(=O)NC(=NCCOc1ccc(C[C@H](NC(=O)CCOCCN)C(=O)OCc2ccccc2)cc1)NC(=O)OC(C)(C)C.CCCOCCC(=O)N[C@@H](Cc1ccc(OCCN=C(NC(=O)OC(C)(C)C)NC(=O)OC(C)(C)C)cc1)C(=O)OCc1ccccc1. The number of rotatable bonds is 30. The summed E-state index contributed by atoms with van der Waals surface area (Å²) in [6, 6.07) is 30.7. The van der Waals surface area contributed by atoms with Gasteiger partial charge in [-0.05, 0) is 136 Å². The fraction of sp³-hybridized carbons (Fsp3) is 0.507. The van der Waals surface area contributed by atoms with E-state index >= 15 is 0 Å². The Bertz CT molecular complexity index is 2820. The molecule has 0 bridgehead atoms. The highest BCUT2D eigenvalue weighted by Gasteiger charge is 2.27. The molecule has 4 aromatic carbocycles. The van der Waals surface area contributed by atoms with E-state index in [0.717, 1.165) is 28.7 Å². The number of aliphatic imine (C=N–C) groups is 2. The molecule has 0 aliphatic heterocycles. The number of nitrogens with two attached hydrogens (primary N) is 1. The largest absolute Gasteiger partial charge is 0.492 e. The molecule has 528 valence electrons. The first-order valence-electron chi connectivity index (χ1n) is 31.6. The van der Waals surface area contributed by atoms with Gasteiger partial charge >= 0.3 is 36.3 Å². The number of carbonyl (C=O) groups is 8.